The lowest BCUT2D eigenvalue weighted by molar-refractivity contribution is 0.0680. The van der Waals surface area contributed by atoms with Gasteiger partial charge in [-0.2, -0.15) is 8.42 Å². The van der Waals surface area contributed by atoms with Crippen LogP contribution in [0, 0.1) is 0 Å². The SMILES string of the molecule is O=C(O)c1ccc2cc(S(=O)(=O)O)c3ccc(C(=O)O)nc3c2n1. The highest BCUT2D eigenvalue weighted by atomic mass is 32.2. The standard InChI is InChI=1S/C14H8N2O7S/c17-13(18)8-3-1-6-5-10(24(21,22)23)7-2-4-9(14(19)20)16-12(7)11(6)15-8/h1-5H,(H,17,18)(H,19,20)(H,21,22,23). The molecule has 0 aliphatic carbocycles. The van der Waals surface area contributed by atoms with E-state index in [-0.39, 0.29) is 33.2 Å². The molecule has 0 amide bonds. The Bertz CT molecular complexity index is 1140. The Morgan fingerprint density at radius 3 is 1.96 bits per heavy atom. The van der Waals surface area contributed by atoms with Crippen LogP contribution < -0.4 is 0 Å². The van der Waals surface area contributed by atoms with Crippen molar-refractivity contribution in [3.63, 3.8) is 0 Å². The molecular formula is C14H8N2O7S. The lowest BCUT2D eigenvalue weighted by Crippen LogP contribution is -2.06. The molecule has 0 aliphatic heterocycles. The zero-order valence-electron chi connectivity index (χ0n) is 11.7. The van der Waals surface area contributed by atoms with Gasteiger partial charge in [0.2, 0.25) is 0 Å². The monoisotopic (exact) mass is 348 g/mol. The van der Waals surface area contributed by atoms with E-state index < -0.39 is 27.0 Å². The first-order valence-electron chi connectivity index (χ1n) is 6.37. The van der Waals surface area contributed by atoms with E-state index in [1.807, 2.05) is 0 Å². The summed E-state index contributed by atoms with van der Waals surface area (Å²) in [7, 11) is -4.61. The van der Waals surface area contributed by atoms with Crippen molar-refractivity contribution in [2.24, 2.45) is 0 Å². The summed E-state index contributed by atoms with van der Waals surface area (Å²) in [5.74, 6) is -2.66. The van der Waals surface area contributed by atoms with Crippen LogP contribution in [-0.2, 0) is 10.1 Å². The Hall–Kier alpha value is -3.11. The molecule has 0 fully saturated rings. The van der Waals surface area contributed by atoms with Gasteiger partial charge in [-0.3, -0.25) is 4.55 Å². The summed E-state index contributed by atoms with van der Waals surface area (Å²) in [6.45, 7) is 0. The van der Waals surface area contributed by atoms with Crippen molar-refractivity contribution in [1.29, 1.82) is 0 Å². The van der Waals surface area contributed by atoms with Crippen molar-refractivity contribution in [3.8, 4) is 0 Å². The number of aromatic carboxylic acids is 2. The van der Waals surface area contributed by atoms with Crippen molar-refractivity contribution < 1.29 is 32.8 Å². The molecule has 0 saturated carbocycles. The molecule has 0 atom stereocenters. The number of pyridine rings is 2. The number of carboxylic acids is 2. The average molecular weight is 348 g/mol. The Labute approximate surface area is 134 Å². The van der Waals surface area contributed by atoms with Crippen LogP contribution in [0.5, 0.6) is 0 Å². The predicted octanol–water partition coefficient (Wildman–Crippen LogP) is 1.43. The summed E-state index contributed by atoms with van der Waals surface area (Å²) in [6, 6.07) is 5.82. The second kappa shape index (κ2) is 5.22. The van der Waals surface area contributed by atoms with E-state index >= 15 is 0 Å². The largest absolute Gasteiger partial charge is 0.477 e. The average Bonchev–Trinajstić information content (AvgIpc) is 2.51. The van der Waals surface area contributed by atoms with Crippen molar-refractivity contribution in [2.45, 2.75) is 4.90 Å². The number of hydrogen-bond donors (Lipinski definition) is 3. The van der Waals surface area contributed by atoms with E-state index in [1.54, 1.807) is 0 Å². The number of rotatable bonds is 3. The van der Waals surface area contributed by atoms with Gasteiger partial charge in [0.15, 0.2) is 0 Å². The normalized spacial score (nSPS) is 11.7. The number of aromatic nitrogens is 2. The molecule has 0 saturated heterocycles. The fourth-order valence-corrected chi connectivity index (χ4v) is 3.00. The van der Waals surface area contributed by atoms with E-state index in [9.17, 15) is 22.6 Å². The van der Waals surface area contributed by atoms with Gasteiger partial charge in [0.05, 0.1) is 11.0 Å². The number of carboxylic acid groups (broad SMARTS) is 2. The highest BCUT2D eigenvalue weighted by Gasteiger charge is 2.20. The quantitative estimate of drug-likeness (QED) is 0.470. The number of nitrogens with zero attached hydrogens (tertiary/aromatic N) is 2. The smallest absolute Gasteiger partial charge is 0.354 e. The van der Waals surface area contributed by atoms with Crippen molar-refractivity contribution in [2.75, 3.05) is 0 Å². The fourth-order valence-electron chi connectivity index (χ4n) is 2.29. The van der Waals surface area contributed by atoms with Gasteiger partial charge in [-0.15, -0.1) is 0 Å². The van der Waals surface area contributed by atoms with Crippen LogP contribution in [0.3, 0.4) is 0 Å². The molecule has 0 unspecified atom stereocenters. The third kappa shape index (κ3) is 2.53. The molecule has 0 radical (unpaired) electrons. The molecule has 3 rings (SSSR count). The molecule has 122 valence electrons. The van der Waals surface area contributed by atoms with Gasteiger partial charge in [-0.25, -0.2) is 19.6 Å². The maximum atomic E-state index is 11.6. The summed E-state index contributed by atoms with van der Waals surface area (Å²) in [6.07, 6.45) is 0. The predicted molar refractivity (Wildman–Crippen MR) is 80.8 cm³/mol. The summed E-state index contributed by atoms with van der Waals surface area (Å²) in [4.78, 5) is 29.4. The number of hydrogen-bond acceptors (Lipinski definition) is 6. The molecule has 9 nitrogen and oxygen atoms in total. The molecule has 2 heterocycles. The molecule has 2 aromatic heterocycles. The van der Waals surface area contributed by atoms with Crippen LogP contribution in [-0.4, -0.2) is 45.1 Å². The maximum Gasteiger partial charge on any atom is 0.354 e. The zero-order chi connectivity index (χ0) is 17.6. The van der Waals surface area contributed by atoms with E-state index in [0.717, 1.165) is 18.2 Å². The number of fused-ring (bicyclic) bond motifs is 3. The van der Waals surface area contributed by atoms with Gasteiger partial charge >= 0.3 is 11.9 Å². The highest BCUT2D eigenvalue weighted by molar-refractivity contribution is 7.86. The van der Waals surface area contributed by atoms with E-state index in [4.69, 9.17) is 10.2 Å². The minimum Gasteiger partial charge on any atom is -0.477 e. The summed E-state index contributed by atoms with van der Waals surface area (Å²) in [5.41, 5.74) is -0.812. The van der Waals surface area contributed by atoms with Crippen LogP contribution in [0.25, 0.3) is 21.8 Å². The van der Waals surface area contributed by atoms with Gasteiger partial charge < -0.3 is 10.2 Å². The van der Waals surface area contributed by atoms with Gasteiger partial charge in [0.1, 0.15) is 16.3 Å². The zero-order valence-corrected chi connectivity index (χ0v) is 12.5. The Balaban J connectivity index is 2.55. The van der Waals surface area contributed by atoms with Crippen LogP contribution in [0.1, 0.15) is 21.0 Å². The third-order valence-corrected chi connectivity index (χ3v) is 4.21. The lowest BCUT2D eigenvalue weighted by Gasteiger charge is -2.08. The molecular weight excluding hydrogens is 340 g/mol. The van der Waals surface area contributed by atoms with E-state index in [0.29, 0.717) is 0 Å². The van der Waals surface area contributed by atoms with Crippen LogP contribution >= 0.6 is 0 Å². The van der Waals surface area contributed by atoms with Crippen molar-refractivity contribution in [1.82, 2.24) is 9.97 Å². The van der Waals surface area contributed by atoms with Crippen LogP contribution in [0.2, 0.25) is 0 Å². The molecule has 0 bridgehead atoms. The van der Waals surface area contributed by atoms with Gasteiger partial charge in [0, 0.05) is 10.8 Å². The van der Waals surface area contributed by atoms with Crippen LogP contribution in [0.4, 0.5) is 0 Å². The maximum absolute atomic E-state index is 11.6. The molecule has 10 heteroatoms. The Kier molecular flexibility index (Phi) is 3.43. The topological polar surface area (TPSA) is 155 Å². The first-order valence-corrected chi connectivity index (χ1v) is 7.81. The van der Waals surface area contributed by atoms with Crippen molar-refractivity contribution >= 4 is 43.9 Å². The molecule has 1 aromatic carbocycles. The molecule has 3 N–H and O–H groups in total. The van der Waals surface area contributed by atoms with Crippen molar-refractivity contribution in [3.05, 3.63) is 41.7 Å². The summed E-state index contributed by atoms with van der Waals surface area (Å²) >= 11 is 0. The minimum atomic E-state index is -4.61. The summed E-state index contributed by atoms with van der Waals surface area (Å²) in [5, 5.41) is 18.2. The molecule has 0 spiro atoms. The summed E-state index contributed by atoms with van der Waals surface area (Å²) < 4.78 is 32.5. The van der Waals surface area contributed by atoms with E-state index in [1.165, 1.54) is 12.1 Å². The first kappa shape index (κ1) is 15.8. The van der Waals surface area contributed by atoms with Crippen LogP contribution in [0.15, 0.2) is 35.2 Å². The second-order valence-corrected chi connectivity index (χ2v) is 6.21. The highest BCUT2D eigenvalue weighted by Crippen LogP contribution is 2.29. The molecule has 3 aromatic rings. The second-order valence-electron chi connectivity index (χ2n) is 4.82. The number of benzene rings is 1. The lowest BCUT2D eigenvalue weighted by atomic mass is 10.1. The molecule has 24 heavy (non-hydrogen) atoms. The minimum absolute atomic E-state index is 0.0143. The van der Waals surface area contributed by atoms with Gasteiger partial charge in [-0.1, -0.05) is 6.07 Å². The fraction of sp³-hybridized carbons (Fsp3) is 0. The Morgan fingerprint density at radius 1 is 0.875 bits per heavy atom. The Morgan fingerprint density at radius 2 is 1.42 bits per heavy atom. The van der Waals surface area contributed by atoms with Gasteiger partial charge in [-0.05, 0) is 24.3 Å². The van der Waals surface area contributed by atoms with Gasteiger partial charge in [0.25, 0.3) is 10.1 Å². The first-order chi connectivity index (χ1) is 11.2. The number of carbonyl (C=O) groups is 2. The van der Waals surface area contributed by atoms with E-state index in [2.05, 4.69) is 9.97 Å². The molecule has 0 aliphatic rings. The third-order valence-electron chi connectivity index (χ3n) is 3.31.